The normalized spacial score (nSPS) is 10.6. The monoisotopic (exact) mass is 215 g/mol. The van der Waals surface area contributed by atoms with Gasteiger partial charge in [0.2, 0.25) is 0 Å². The van der Waals surface area contributed by atoms with E-state index in [0.29, 0.717) is 13.2 Å². The van der Waals surface area contributed by atoms with Gasteiger partial charge in [-0.1, -0.05) is 30.3 Å². The van der Waals surface area contributed by atoms with Gasteiger partial charge in [0.1, 0.15) is 5.75 Å². The Morgan fingerprint density at radius 2 is 1.81 bits per heavy atom. The van der Waals surface area contributed by atoms with E-state index in [1.54, 1.807) is 0 Å². The molecule has 2 aromatic carbocycles. The Morgan fingerprint density at radius 1 is 1.06 bits per heavy atom. The molecule has 0 unspecified atom stereocenters. The first kappa shape index (κ1) is 11.0. The van der Waals surface area contributed by atoms with Crippen molar-refractivity contribution in [3.63, 3.8) is 0 Å². The van der Waals surface area contributed by atoms with Crippen LogP contribution in [0.4, 0.5) is 0 Å². The van der Waals surface area contributed by atoms with E-state index in [2.05, 4.69) is 24.3 Å². The molecule has 0 heterocycles. The SMILES string of the molecule is CCOc1ccc(CCN)c2ccccc12. The smallest absolute Gasteiger partial charge is 0.127 e. The summed E-state index contributed by atoms with van der Waals surface area (Å²) in [7, 11) is 0. The van der Waals surface area contributed by atoms with Gasteiger partial charge in [0.05, 0.1) is 6.61 Å². The van der Waals surface area contributed by atoms with E-state index in [9.17, 15) is 0 Å². The Bertz CT molecular complexity index is 435. The van der Waals surface area contributed by atoms with E-state index >= 15 is 0 Å². The quantitative estimate of drug-likeness (QED) is 0.851. The lowest BCUT2D eigenvalue weighted by atomic mass is 10.0. The molecule has 2 aromatic rings. The van der Waals surface area contributed by atoms with Crippen molar-refractivity contribution in [3.05, 3.63) is 42.0 Å². The molecule has 0 amide bonds. The van der Waals surface area contributed by atoms with Crippen LogP contribution >= 0.6 is 0 Å². The lowest BCUT2D eigenvalue weighted by Gasteiger charge is -2.10. The van der Waals surface area contributed by atoms with Gasteiger partial charge in [-0.05, 0) is 36.9 Å². The van der Waals surface area contributed by atoms with Gasteiger partial charge in [0.15, 0.2) is 0 Å². The zero-order chi connectivity index (χ0) is 11.4. The van der Waals surface area contributed by atoms with Crippen LogP contribution in [0.25, 0.3) is 10.8 Å². The highest BCUT2D eigenvalue weighted by molar-refractivity contribution is 5.91. The molecule has 2 N–H and O–H groups in total. The molecule has 2 rings (SSSR count). The first-order valence-electron chi connectivity index (χ1n) is 5.70. The van der Waals surface area contributed by atoms with Gasteiger partial charge in [0.25, 0.3) is 0 Å². The van der Waals surface area contributed by atoms with Crippen molar-refractivity contribution < 1.29 is 4.74 Å². The van der Waals surface area contributed by atoms with Crippen molar-refractivity contribution in [1.29, 1.82) is 0 Å². The number of hydrogen-bond donors (Lipinski definition) is 1. The predicted molar refractivity (Wildman–Crippen MR) is 67.9 cm³/mol. The number of rotatable bonds is 4. The summed E-state index contributed by atoms with van der Waals surface area (Å²) in [6, 6.07) is 12.5. The molecule has 0 radical (unpaired) electrons. The Hall–Kier alpha value is -1.54. The number of benzene rings is 2. The molecule has 2 nitrogen and oxygen atoms in total. The molecular formula is C14H17NO. The Kier molecular flexibility index (Phi) is 3.42. The van der Waals surface area contributed by atoms with Crippen molar-refractivity contribution in [3.8, 4) is 5.75 Å². The van der Waals surface area contributed by atoms with Crippen LogP contribution in [0, 0.1) is 0 Å². The van der Waals surface area contributed by atoms with E-state index in [0.717, 1.165) is 12.2 Å². The predicted octanol–water partition coefficient (Wildman–Crippen LogP) is 2.74. The fraction of sp³-hybridized carbons (Fsp3) is 0.286. The van der Waals surface area contributed by atoms with Gasteiger partial charge >= 0.3 is 0 Å². The van der Waals surface area contributed by atoms with Crippen LogP contribution in [0.15, 0.2) is 36.4 Å². The summed E-state index contributed by atoms with van der Waals surface area (Å²) in [4.78, 5) is 0. The third-order valence-electron chi connectivity index (χ3n) is 2.69. The van der Waals surface area contributed by atoms with E-state index in [1.807, 2.05) is 19.1 Å². The maximum absolute atomic E-state index is 5.62. The zero-order valence-electron chi connectivity index (χ0n) is 9.57. The molecule has 2 heteroatoms. The van der Waals surface area contributed by atoms with Gasteiger partial charge in [-0.15, -0.1) is 0 Å². The van der Waals surface area contributed by atoms with Crippen LogP contribution < -0.4 is 10.5 Å². The van der Waals surface area contributed by atoms with Crippen LogP contribution in [0.3, 0.4) is 0 Å². The second-order valence-corrected chi connectivity index (χ2v) is 3.74. The summed E-state index contributed by atoms with van der Waals surface area (Å²) in [6.07, 6.45) is 0.910. The summed E-state index contributed by atoms with van der Waals surface area (Å²) in [5.41, 5.74) is 6.91. The minimum atomic E-state index is 0.679. The average Bonchev–Trinajstić information content (AvgIpc) is 2.33. The maximum atomic E-state index is 5.62. The standard InChI is InChI=1S/C14H17NO/c1-2-16-14-8-7-11(9-10-15)12-5-3-4-6-13(12)14/h3-8H,2,9-10,15H2,1H3. The van der Waals surface area contributed by atoms with Crippen LogP contribution in [-0.2, 0) is 6.42 Å². The highest BCUT2D eigenvalue weighted by Gasteiger charge is 2.05. The maximum Gasteiger partial charge on any atom is 0.127 e. The molecule has 84 valence electrons. The van der Waals surface area contributed by atoms with Crippen LogP contribution in [0.2, 0.25) is 0 Å². The summed E-state index contributed by atoms with van der Waals surface area (Å²) in [5, 5.41) is 2.43. The number of fused-ring (bicyclic) bond motifs is 1. The average molecular weight is 215 g/mol. The lowest BCUT2D eigenvalue weighted by Crippen LogP contribution is -2.03. The summed E-state index contributed by atoms with van der Waals surface area (Å²) in [5.74, 6) is 0.957. The number of nitrogens with two attached hydrogens (primary N) is 1. The van der Waals surface area contributed by atoms with Gasteiger partial charge in [-0.25, -0.2) is 0 Å². The van der Waals surface area contributed by atoms with Gasteiger partial charge < -0.3 is 10.5 Å². The summed E-state index contributed by atoms with van der Waals surface area (Å²) in [6.45, 7) is 3.38. The third-order valence-corrected chi connectivity index (χ3v) is 2.69. The summed E-state index contributed by atoms with van der Waals surface area (Å²) < 4.78 is 5.62. The van der Waals surface area contributed by atoms with E-state index < -0.39 is 0 Å². The Balaban J connectivity index is 2.57. The van der Waals surface area contributed by atoms with E-state index in [4.69, 9.17) is 10.5 Å². The molecule has 0 aliphatic carbocycles. The molecule has 0 aliphatic heterocycles. The highest BCUT2D eigenvalue weighted by atomic mass is 16.5. The van der Waals surface area contributed by atoms with Crippen LogP contribution in [-0.4, -0.2) is 13.2 Å². The van der Waals surface area contributed by atoms with Crippen molar-refractivity contribution in [2.24, 2.45) is 5.73 Å². The first-order chi connectivity index (χ1) is 7.86. The van der Waals surface area contributed by atoms with E-state index in [1.165, 1.54) is 16.3 Å². The molecule has 0 atom stereocenters. The van der Waals surface area contributed by atoms with Gasteiger partial charge in [-0.2, -0.15) is 0 Å². The molecule has 0 aliphatic rings. The van der Waals surface area contributed by atoms with Crippen molar-refractivity contribution in [1.82, 2.24) is 0 Å². The third kappa shape index (κ3) is 2.02. The van der Waals surface area contributed by atoms with E-state index in [-0.39, 0.29) is 0 Å². The van der Waals surface area contributed by atoms with Crippen molar-refractivity contribution >= 4 is 10.8 Å². The number of ether oxygens (including phenoxy) is 1. The van der Waals surface area contributed by atoms with Crippen LogP contribution in [0.1, 0.15) is 12.5 Å². The van der Waals surface area contributed by atoms with Crippen LogP contribution in [0.5, 0.6) is 5.75 Å². The Morgan fingerprint density at radius 3 is 2.50 bits per heavy atom. The minimum absolute atomic E-state index is 0.679. The molecule has 0 aromatic heterocycles. The Labute approximate surface area is 96.0 Å². The minimum Gasteiger partial charge on any atom is -0.493 e. The summed E-state index contributed by atoms with van der Waals surface area (Å²) >= 11 is 0. The lowest BCUT2D eigenvalue weighted by molar-refractivity contribution is 0.344. The largest absolute Gasteiger partial charge is 0.493 e. The fourth-order valence-corrected chi connectivity index (χ4v) is 1.99. The topological polar surface area (TPSA) is 35.2 Å². The molecular weight excluding hydrogens is 198 g/mol. The highest BCUT2D eigenvalue weighted by Crippen LogP contribution is 2.28. The van der Waals surface area contributed by atoms with Crippen molar-refractivity contribution in [2.75, 3.05) is 13.2 Å². The zero-order valence-corrected chi connectivity index (χ0v) is 9.57. The van der Waals surface area contributed by atoms with Gasteiger partial charge in [0, 0.05) is 5.39 Å². The second-order valence-electron chi connectivity index (χ2n) is 3.74. The van der Waals surface area contributed by atoms with Gasteiger partial charge in [-0.3, -0.25) is 0 Å². The molecule has 0 spiro atoms. The molecule has 0 bridgehead atoms. The molecule has 0 saturated heterocycles. The fourth-order valence-electron chi connectivity index (χ4n) is 1.99. The molecule has 0 saturated carbocycles. The van der Waals surface area contributed by atoms with Crippen molar-refractivity contribution in [2.45, 2.75) is 13.3 Å². The molecule has 0 fully saturated rings. The second kappa shape index (κ2) is 4.99. The number of hydrogen-bond acceptors (Lipinski definition) is 2. The first-order valence-corrected chi connectivity index (χ1v) is 5.70. The molecule has 16 heavy (non-hydrogen) atoms.